The highest BCUT2D eigenvalue weighted by Crippen LogP contribution is 2.26. The molecule has 1 aliphatic rings. The second kappa shape index (κ2) is 5.65. The summed E-state index contributed by atoms with van der Waals surface area (Å²) in [5.41, 5.74) is 5.81. The Bertz CT molecular complexity index is 364. The number of rotatable bonds is 3. The molecule has 0 aliphatic carbocycles. The topological polar surface area (TPSA) is 46.3 Å². The molecule has 2 rings (SSSR count). The molecule has 1 amide bonds. The van der Waals surface area contributed by atoms with Crippen LogP contribution in [0, 0.1) is 5.92 Å². The monoisotopic (exact) mass is 252 g/mol. The first-order valence-electron chi connectivity index (χ1n) is 6.30. The second-order valence-electron chi connectivity index (χ2n) is 4.66. The third kappa shape index (κ3) is 2.69. The van der Waals surface area contributed by atoms with Crippen molar-refractivity contribution in [1.82, 2.24) is 4.90 Å². The lowest BCUT2D eigenvalue weighted by molar-refractivity contribution is 0.0563. The third-order valence-electron chi connectivity index (χ3n) is 3.67. The number of nitrogens with zero attached hydrogens (tertiary/aromatic N) is 1. The predicted molar refractivity (Wildman–Crippen MR) is 71.2 cm³/mol. The van der Waals surface area contributed by atoms with Crippen LogP contribution < -0.4 is 5.73 Å². The van der Waals surface area contributed by atoms with Crippen molar-refractivity contribution in [3.8, 4) is 0 Å². The Hall–Kier alpha value is -0.870. The molecule has 4 heteroatoms. The first kappa shape index (κ1) is 12.6. The fraction of sp³-hybridized carbons (Fsp3) is 0.615. The molecule has 3 nitrogen and oxygen atoms in total. The quantitative estimate of drug-likeness (QED) is 0.897. The van der Waals surface area contributed by atoms with Crippen LogP contribution in [-0.2, 0) is 0 Å². The van der Waals surface area contributed by atoms with Gasteiger partial charge in [-0.1, -0.05) is 19.4 Å². The summed E-state index contributed by atoms with van der Waals surface area (Å²) in [5, 5.41) is 1.95. The summed E-state index contributed by atoms with van der Waals surface area (Å²) >= 11 is 1.51. The van der Waals surface area contributed by atoms with E-state index in [4.69, 9.17) is 5.73 Å². The van der Waals surface area contributed by atoms with Crippen LogP contribution in [0.3, 0.4) is 0 Å². The zero-order valence-corrected chi connectivity index (χ0v) is 11.1. The first-order valence-corrected chi connectivity index (χ1v) is 7.18. The van der Waals surface area contributed by atoms with Crippen LogP contribution >= 0.6 is 11.3 Å². The summed E-state index contributed by atoms with van der Waals surface area (Å²) in [6.45, 7) is 3.65. The number of likely N-dealkylation sites (tertiary alicyclic amines) is 1. The SMILES string of the molecule is CCC1CCN(C(=O)c2cccs2)C(CN)C1. The van der Waals surface area contributed by atoms with Crippen LogP contribution in [0.5, 0.6) is 0 Å². The van der Waals surface area contributed by atoms with E-state index in [9.17, 15) is 4.79 Å². The minimum atomic E-state index is 0.157. The van der Waals surface area contributed by atoms with E-state index in [-0.39, 0.29) is 11.9 Å². The zero-order valence-electron chi connectivity index (χ0n) is 10.3. The first-order chi connectivity index (χ1) is 8.26. The van der Waals surface area contributed by atoms with E-state index < -0.39 is 0 Å². The molecule has 0 saturated carbocycles. The van der Waals surface area contributed by atoms with Crippen LogP contribution in [0.25, 0.3) is 0 Å². The van der Waals surface area contributed by atoms with Gasteiger partial charge in [-0.15, -0.1) is 11.3 Å². The highest BCUT2D eigenvalue weighted by Gasteiger charge is 2.30. The minimum Gasteiger partial charge on any atom is -0.334 e. The zero-order chi connectivity index (χ0) is 12.3. The predicted octanol–water partition coefficient (Wildman–Crippen LogP) is 2.34. The average molecular weight is 252 g/mol. The standard InChI is InChI=1S/C13H20N2OS/c1-2-10-5-6-15(11(8-10)9-14)13(16)12-4-3-7-17-12/h3-4,7,10-11H,2,5-6,8-9,14H2,1H3. The van der Waals surface area contributed by atoms with Crippen molar-refractivity contribution in [2.24, 2.45) is 11.7 Å². The van der Waals surface area contributed by atoms with Gasteiger partial charge in [-0.25, -0.2) is 0 Å². The molecule has 2 heterocycles. The van der Waals surface area contributed by atoms with Crippen LogP contribution in [0.1, 0.15) is 35.9 Å². The number of thiophene rings is 1. The summed E-state index contributed by atoms with van der Waals surface area (Å²) in [6, 6.07) is 4.05. The fourth-order valence-electron chi connectivity index (χ4n) is 2.54. The Balaban J connectivity index is 2.07. The van der Waals surface area contributed by atoms with Gasteiger partial charge in [0.15, 0.2) is 0 Å². The number of carbonyl (C=O) groups excluding carboxylic acids is 1. The van der Waals surface area contributed by atoms with Crippen LogP contribution in [-0.4, -0.2) is 29.9 Å². The number of hydrogen-bond donors (Lipinski definition) is 1. The molecule has 94 valence electrons. The Morgan fingerprint density at radius 1 is 1.65 bits per heavy atom. The Morgan fingerprint density at radius 3 is 3.06 bits per heavy atom. The largest absolute Gasteiger partial charge is 0.334 e. The number of carbonyl (C=O) groups is 1. The lowest BCUT2D eigenvalue weighted by atomic mass is 9.89. The van der Waals surface area contributed by atoms with E-state index in [1.54, 1.807) is 0 Å². The number of nitrogens with two attached hydrogens (primary N) is 1. The molecule has 0 aromatic carbocycles. The Kier molecular flexibility index (Phi) is 4.18. The van der Waals surface area contributed by atoms with Crippen LogP contribution in [0.2, 0.25) is 0 Å². The van der Waals surface area contributed by atoms with Gasteiger partial charge in [0.2, 0.25) is 0 Å². The molecule has 1 aromatic heterocycles. The Morgan fingerprint density at radius 2 is 2.47 bits per heavy atom. The van der Waals surface area contributed by atoms with Gasteiger partial charge in [0.1, 0.15) is 0 Å². The highest BCUT2D eigenvalue weighted by molar-refractivity contribution is 7.12. The summed E-state index contributed by atoms with van der Waals surface area (Å²) < 4.78 is 0. The molecule has 1 saturated heterocycles. The van der Waals surface area contributed by atoms with Gasteiger partial charge in [-0.05, 0) is 30.2 Å². The van der Waals surface area contributed by atoms with Crippen LogP contribution in [0.15, 0.2) is 17.5 Å². The lowest BCUT2D eigenvalue weighted by Crippen LogP contribution is -2.49. The molecule has 17 heavy (non-hydrogen) atoms. The Labute approximate surface area is 107 Å². The van der Waals surface area contributed by atoms with Crippen molar-refractivity contribution in [1.29, 1.82) is 0 Å². The van der Waals surface area contributed by atoms with E-state index in [1.807, 2.05) is 22.4 Å². The molecule has 0 bridgehead atoms. The van der Waals surface area contributed by atoms with Crippen molar-refractivity contribution in [3.05, 3.63) is 22.4 Å². The minimum absolute atomic E-state index is 0.157. The summed E-state index contributed by atoms with van der Waals surface area (Å²) in [5.74, 6) is 0.890. The van der Waals surface area contributed by atoms with Gasteiger partial charge in [0.05, 0.1) is 4.88 Å². The van der Waals surface area contributed by atoms with Crippen molar-refractivity contribution >= 4 is 17.2 Å². The van der Waals surface area contributed by atoms with E-state index in [2.05, 4.69) is 6.92 Å². The molecule has 1 aliphatic heterocycles. The molecule has 1 aromatic rings. The number of hydrogen-bond acceptors (Lipinski definition) is 3. The van der Waals surface area contributed by atoms with E-state index >= 15 is 0 Å². The maximum atomic E-state index is 12.3. The molecule has 2 N–H and O–H groups in total. The van der Waals surface area contributed by atoms with Crippen molar-refractivity contribution in [2.75, 3.05) is 13.1 Å². The van der Waals surface area contributed by atoms with Crippen molar-refractivity contribution in [3.63, 3.8) is 0 Å². The van der Waals surface area contributed by atoms with E-state index in [0.29, 0.717) is 6.54 Å². The van der Waals surface area contributed by atoms with Crippen molar-refractivity contribution < 1.29 is 4.79 Å². The maximum absolute atomic E-state index is 12.3. The summed E-state index contributed by atoms with van der Waals surface area (Å²) in [4.78, 5) is 15.1. The summed E-state index contributed by atoms with van der Waals surface area (Å²) in [7, 11) is 0. The number of piperidine rings is 1. The third-order valence-corrected chi connectivity index (χ3v) is 4.52. The van der Waals surface area contributed by atoms with Gasteiger partial charge >= 0.3 is 0 Å². The normalized spacial score (nSPS) is 24.9. The maximum Gasteiger partial charge on any atom is 0.264 e. The molecule has 0 spiro atoms. The molecular formula is C13H20N2OS. The van der Waals surface area contributed by atoms with Gasteiger partial charge in [0, 0.05) is 19.1 Å². The molecule has 0 radical (unpaired) electrons. The molecule has 1 fully saturated rings. The molecular weight excluding hydrogens is 232 g/mol. The smallest absolute Gasteiger partial charge is 0.264 e. The highest BCUT2D eigenvalue weighted by atomic mass is 32.1. The van der Waals surface area contributed by atoms with Gasteiger partial charge in [-0.2, -0.15) is 0 Å². The number of amides is 1. The van der Waals surface area contributed by atoms with Crippen molar-refractivity contribution in [2.45, 2.75) is 32.2 Å². The lowest BCUT2D eigenvalue weighted by Gasteiger charge is -2.38. The molecule has 2 unspecified atom stereocenters. The average Bonchev–Trinajstić information content (AvgIpc) is 2.91. The fourth-order valence-corrected chi connectivity index (χ4v) is 3.22. The van der Waals surface area contributed by atoms with Gasteiger partial charge in [-0.3, -0.25) is 4.79 Å². The van der Waals surface area contributed by atoms with E-state index in [0.717, 1.165) is 30.2 Å². The second-order valence-corrected chi connectivity index (χ2v) is 5.61. The van der Waals surface area contributed by atoms with Crippen LogP contribution in [0.4, 0.5) is 0 Å². The van der Waals surface area contributed by atoms with Gasteiger partial charge in [0.25, 0.3) is 5.91 Å². The van der Waals surface area contributed by atoms with Gasteiger partial charge < -0.3 is 10.6 Å². The van der Waals surface area contributed by atoms with E-state index in [1.165, 1.54) is 17.8 Å². The molecule has 2 atom stereocenters. The summed E-state index contributed by atoms with van der Waals surface area (Å²) in [6.07, 6.45) is 3.37.